The highest BCUT2D eigenvalue weighted by Gasteiger charge is 2.19. The molecule has 0 spiro atoms. The highest BCUT2D eigenvalue weighted by Crippen LogP contribution is 2.40. The van der Waals surface area contributed by atoms with E-state index in [0.717, 1.165) is 5.56 Å². The lowest BCUT2D eigenvalue weighted by Crippen LogP contribution is -1.95. The molecule has 2 rings (SSSR count). The Labute approximate surface area is 137 Å². The number of benzene rings is 2. The van der Waals surface area contributed by atoms with Gasteiger partial charge >= 0.3 is 5.69 Å². The zero-order chi connectivity index (χ0) is 14.7. The Kier molecular flexibility index (Phi) is 5.01. The predicted octanol–water partition coefficient (Wildman–Crippen LogP) is 5.70. The van der Waals surface area contributed by atoms with Crippen LogP contribution in [0.2, 0.25) is 5.02 Å². The summed E-state index contributed by atoms with van der Waals surface area (Å²) in [4.78, 5) is 10.5. The number of hydrogen-bond donors (Lipinski definition) is 0. The third kappa shape index (κ3) is 3.31. The molecule has 0 N–H and O–H groups in total. The summed E-state index contributed by atoms with van der Waals surface area (Å²) in [5.74, 6) is 0.498. The number of nitro groups is 1. The molecular weight excluding hydrogens is 413 g/mol. The summed E-state index contributed by atoms with van der Waals surface area (Å²) in [6, 6.07) is 9.86. The average molecular weight is 421 g/mol. The van der Waals surface area contributed by atoms with Gasteiger partial charge in [-0.3, -0.25) is 10.1 Å². The molecule has 7 heteroatoms. The first kappa shape index (κ1) is 15.3. The summed E-state index contributed by atoms with van der Waals surface area (Å²) in [6.07, 6.45) is 0. The van der Waals surface area contributed by atoms with Gasteiger partial charge in [0.25, 0.3) is 0 Å². The van der Waals surface area contributed by atoms with Crippen molar-refractivity contribution in [1.82, 2.24) is 0 Å². The minimum Gasteiger partial charge on any atom is -0.447 e. The molecule has 0 heterocycles. The van der Waals surface area contributed by atoms with Crippen molar-refractivity contribution in [2.45, 2.75) is 5.33 Å². The molecular formula is C13H8Br2ClNO3. The Bertz CT molecular complexity index is 664. The van der Waals surface area contributed by atoms with Gasteiger partial charge in [-0.2, -0.15) is 0 Å². The van der Waals surface area contributed by atoms with Crippen molar-refractivity contribution < 1.29 is 9.66 Å². The highest BCUT2D eigenvalue weighted by atomic mass is 79.9. The molecule has 4 nitrogen and oxygen atoms in total. The number of nitro benzene ring substituents is 1. The number of nitrogens with zero attached hydrogens (tertiary/aromatic N) is 1. The fraction of sp³-hybridized carbons (Fsp3) is 0.0769. The first-order valence-electron chi connectivity index (χ1n) is 5.48. The lowest BCUT2D eigenvalue weighted by atomic mass is 10.2. The molecule has 0 fully saturated rings. The Morgan fingerprint density at radius 1 is 1.30 bits per heavy atom. The van der Waals surface area contributed by atoms with Gasteiger partial charge in [-0.15, -0.1) is 0 Å². The summed E-state index contributed by atoms with van der Waals surface area (Å²) in [5, 5.41) is 11.9. The smallest absolute Gasteiger partial charge is 0.313 e. The van der Waals surface area contributed by atoms with Crippen LogP contribution >= 0.6 is 43.5 Å². The van der Waals surface area contributed by atoms with Gasteiger partial charge in [0.1, 0.15) is 5.75 Å². The molecule has 0 amide bonds. The molecule has 0 aliphatic heterocycles. The fourth-order valence-electron chi connectivity index (χ4n) is 1.56. The Morgan fingerprint density at radius 3 is 2.65 bits per heavy atom. The van der Waals surface area contributed by atoms with Crippen molar-refractivity contribution in [3.8, 4) is 11.5 Å². The van der Waals surface area contributed by atoms with Gasteiger partial charge in [0.15, 0.2) is 0 Å². The van der Waals surface area contributed by atoms with E-state index in [4.69, 9.17) is 16.3 Å². The highest BCUT2D eigenvalue weighted by molar-refractivity contribution is 9.10. The van der Waals surface area contributed by atoms with E-state index in [2.05, 4.69) is 31.9 Å². The van der Waals surface area contributed by atoms with Gasteiger partial charge in [0.2, 0.25) is 5.75 Å². The molecule has 0 radical (unpaired) electrons. The van der Waals surface area contributed by atoms with Crippen LogP contribution in [0.25, 0.3) is 0 Å². The van der Waals surface area contributed by atoms with E-state index in [9.17, 15) is 10.1 Å². The number of hydrogen-bond acceptors (Lipinski definition) is 3. The van der Waals surface area contributed by atoms with Gasteiger partial charge in [0.05, 0.1) is 14.4 Å². The van der Waals surface area contributed by atoms with Crippen molar-refractivity contribution in [2.75, 3.05) is 0 Å². The molecule has 0 aromatic heterocycles. The predicted molar refractivity (Wildman–Crippen MR) is 85.0 cm³/mol. The zero-order valence-electron chi connectivity index (χ0n) is 9.98. The molecule has 0 aliphatic rings. The third-order valence-corrected chi connectivity index (χ3v) is 4.07. The Hall–Kier alpha value is -1.11. The van der Waals surface area contributed by atoms with Gasteiger partial charge < -0.3 is 4.74 Å². The number of ether oxygens (including phenoxy) is 1. The molecule has 0 saturated carbocycles. The average Bonchev–Trinajstić information content (AvgIpc) is 2.42. The third-order valence-electron chi connectivity index (χ3n) is 2.51. The SMILES string of the molecule is O=[N+]([O-])c1cccc(Cl)c1Oc1ccc(CBr)cc1Br. The normalized spacial score (nSPS) is 10.3. The molecule has 104 valence electrons. The lowest BCUT2D eigenvalue weighted by molar-refractivity contribution is -0.385. The van der Waals surface area contributed by atoms with Gasteiger partial charge in [-0.25, -0.2) is 0 Å². The van der Waals surface area contributed by atoms with Crippen molar-refractivity contribution in [2.24, 2.45) is 0 Å². The van der Waals surface area contributed by atoms with Crippen LogP contribution in [0, 0.1) is 10.1 Å². The molecule has 0 bridgehead atoms. The van der Waals surface area contributed by atoms with E-state index in [0.29, 0.717) is 15.6 Å². The fourth-order valence-corrected chi connectivity index (χ4v) is 2.63. The second-order valence-corrected chi connectivity index (χ2v) is 5.67. The molecule has 2 aromatic rings. The maximum atomic E-state index is 11.0. The van der Waals surface area contributed by atoms with E-state index >= 15 is 0 Å². The van der Waals surface area contributed by atoms with Crippen LogP contribution < -0.4 is 4.74 Å². The minimum absolute atomic E-state index is 0.0338. The summed E-state index contributed by atoms with van der Waals surface area (Å²) < 4.78 is 6.29. The molecule has 0 unspecified atom stereocenters. The molecule has 2 aromatic carbocycles. The first-order chi connectivity index (χ1) is 9.52. The summed E-state index contributed by atoms with van der Waals surface area (Å²) in [5.41, 5.74) is 0.881. The van der Waals surface area contributed by atoms with E-state index in [1.54, 1.807) is 12.1 Å². The van der Waals surface area contributed by atoms with Gasteiger partial charge in [0, 0.05) is 11.4 Å². The quantitative estimate of drug-likeness (QED) is 0.362. The van der Waals surface area contributed by atoms with E-state index in [1.807, 2.05) is 12.1 Å². The number of halogens is 3. The maximum absolute atomic E-state index is 11.0. The lowest BCUT2D eigenvalue weighted by Gasteiger charge is -2.10. The van der Waals surface area contributed by atoms with Crippen LogP contribution in [0.15, 0.2) is 40.9 Å². The number of rotatable bonds is 4. The van der Waals surface area contributed by atoms with Crippen LogP contribution in [-0.2, 0) is 5.33 Å². The second-order valence-electron chi connectivity index (χ2n) is 3.85. The summed E-state index contributed by atoms with van der Waals surface area (Å²) >= 11 is 12.7. The number of para-hydroxylation sites is 1. The largest absolute Gasteiger partial charge is 0.447 e. The Morgan fingerprint density at radius 2 is 2.05 bits per heavy atom. The van der Waals surface area contributed by atoms with E-state index in [1.165, 1.54) is 12.1 Å². The standard InChI is InChI=1S/C13H8Br2ClNO3/c14-7-8-4-5-12(9(15)6-8)20-13-10(16)2-1-3-11(13)17(18)19/h1-6H,7H2. The van der Waals surface area contributed by atoms with Crippen LogP contribution in [0.1, 0.15) is 5.56 Å². The molecule has 20 heavy (non-hydrogen) atoms. The van der Waals surface area contributed by atoms with Crippen molar-refractivity contribution in [3.63, 3.8) is 0 Å². The number of alkyl halides is 1. The minimum atomic E-state index is -0.526. The van der Waals surface area contributed by atoms with Crippen molar-refractivity contribution in [1.29, 1.82) is 0 Å². The Balaban J connectivity index is 2.42. The molecule has 0 atom stereocenters. The van der Waals surface area contributed by atoms with Crippen LogP contribution in [0.5, 0.6) is 11.5 Å². The van der Waals surface area contributed by atoms with Crippen molar-refractivity contribution in [3.05, 3.63) is 61.6 Å². The van der Waals surface area contributed by atoms with Crippen LogP contribution in [0.4, 0.5) is 5.69 Å². The van der Waals surface area contributed by atoms with Gasteiger partial charge in [-0.1, -0.05) is 39.7 Å². The zero-order valence-corrected chi connectivity index (χ0v) is 13.9. The van der Waals surface area contributed by atoms with Crippen LogP contribution in [-0.4, -0.2) is 4.92 Å². The van der Waals surface area contributed by atoms with Crippen LogP contribution in [0.3, 0.4) is 0 Å². The molecule has 0 aliphatic carbocycles. The molecule has 0 saturated heterocycles. The topological polar surface area (TPSA) is 52.4 Å². The monoisotopic (exact) mass is 419 g/mol. The van der Waals surface area contributed by atoms with E-state index in [-0.39, 0.29) is 16.5 Å². The summed E-state index contributed by atoms with van der Waals surface area (Å²) in [7, 11) is 0. The van der Waals surface area contributed by atoms with Gasteiger partial charge in [-0.05, 0) is 39.7 Å². The maximum Gasteiger partial charge on any atom is 0.313 e. The second kappa shape index (κ2) is 6.56. The summed E-state index contributed by atoms with van der Waals surface area (Å²) in [6.45, 7) is 0. The van der Waals surface area contributed by atoms with Crippen molar-refractivity contribution >= 4 is 49.1 Å². The van der Waals surface area contributed by atoms with E-state index < -0.39 is 4.92 Å². The first-order valence-corrected chi connectivity index (χ1v) is 7.77.